The SMILES string of the molecule is O=C(NCC1CNCC1O)c1n[nH]c2ccc(I)cc12. The van der Waals surface area contributed by atoms with E-state index in [2.05, 4.69) is 43.4 Å². The lowest BCUT2D eigenvalue weighted by Gasteiger charge is -2.13. The van der Waals surface area contributed by atoms with Crippen LogP contribution in [-0.2, 0) is 0 Å². The molecular weight excluding hydrogens is 371 g/mol. The molecule has 1 aliphatic rings. The van der Waals surface area contributed by atoms with Crippen LogP contribution in [0, 0.1) is 9.49 Å². The monoisotopic (exact) mass is 386 g/mol. The van der Waals surface area contributed by atoms with E-state index in [4.69, 9.17) is 0 Å². The highest BCUT2D eigenvalue weighted by atomic mass is 127. The van der Waals surface area contributed by atoms with Gasteiger partial charge in [0.05, 0.1) is 11.6 Å². The topological polar surface area (TPSA) is 90.0 Å². The number of halogens is 1. The summed E-state index contributed by atoms with van der Waals surface area (Å²) in [6, 6.07) is 5.80. The zero-order valence-corrected chi connectivity index (χ0v) is 12.8. The van der Waals surface area contributed by atoms with Crippen molar-refractivity contribution in [2.24, 2.45) is 5.92 Å². The Bertz CT molecular complexity index is 642. The number of carbonyl (C=O) groups is 1. The van der Waals surface area contributed by atoms with E-state index in [0.29, 0.717) is 18.8 Å². The number of aromatic amines is 1. The summed E-state index contributed by atoms with van der Waals surface area (Å²) in [5, 5.41) is 23.4. The summed E-state index contributed by atoms with van der Waals surface area (Å²) in [5.74, 6) is -0.151. The normalized spacial score (nSPS) is 22.3. The van der Waals surface area contributed by atoms with Crippen molar-refractivity contribution in [2.75, 3.05) is 19.6 Å². The molecule has 1 saturated heterocycles. The zero-order chi connectivity index (χ0) is 14.1. The molecule has 1 fully saturated rings. The average molecular weight is 386 g/mol. The van der Waals surface area contributed by atoms with Gasteiger partial charge in [-0.2, -0.15) is 5.10 Å². The van der Waals surface area contributed by atoms with E-state index in [0.717, 1.165) is 21.0 Å². The molecule has 4 N–H and O–H groups in total. The predicted molar refractivity (Wildman–Crippen MR) is 83.5 cm³/mol. The second kappa shape index (κ2) is 5.66. The molecule has 7 heteroatoms. The highest BCUT2D eigenvalue weighted by Crippen LogP contribution is 2.19. The van der Waals surface area contributed by atoms with Gasteiger partial charge in [0.1, 0.15) is 0 Å². The van der Waals surface area contributed by atoms with Gasteiger partial charge in [-0.25, -0.2) is 0 Å². The molecule has 0 saturated carbocycles. The lowest BCUT2D eigenvalue weighted by atomic mass is 10.1. The van der Waals surface area contributed by atoms with Crippen LogP contribution in [0.1, 0.15) is 10.5 Å². The summed E-state index contributed by atoms with van der Waals surface area (Å²) in [4.78, 5) is 12.2. The zero-order valence-electron chi connectivity index (χ0n) is 10.7. The van der Waals surface area contributed by atoms with Crippen molar-refractivity contribution in [3.8, 4) is 0 Å². The summed E-state index contributed by atoms with van der Waals surface area (Å²) >= 11 is 2.21. The molecule has 0 spiro atoms. The Morgan fingerprint density at radius 1 is 1.50 bits per heavy atom. The first-order valence-corrected chi connectivity index (χ1v) is 7.53. The van der Waals surface area contributed by atoms with Crippen LogP contribution in [0.15, 0.2) is 18.2 Å². The van der Waals surface area contributed by atoms with Crippen molar-refractivity contribution >= 4 is 39.4 Å². The van der Waals surface area contributed by atoms with E-state index in [9.17, 15) is 9.90 Å². The first-order chi connectivity index (χ1) is 9.65. The van der Waals surface area contributed by atoms with Gasteiger partial charge in [-0.1, -0.05) is 0 Å². The maximum absolute atomic E-state index is 12.2. The lowest BCUT2D eigenvalue weighted by molar-refractivity contribution is 0.0923. The smallest absolute Gasteiger partial charge is 0.272 e. The molecule has 1 aromatic carbocycles. The first kappa shape index (κ1) is 13.8. The minimum Gasteiger partial charge on any atom is -0.391 e. The fourth-order valence-electron chi connectivity index (χ4n) is 2.39. The average Bonchev–Trinajstić information content (AvgIpc) is 3.02. The van der Waals surface area contributed by atoms with Crippen LogP contribution in [0.2, 0.25) is 0 Å². The Labute approximate surface area is 129 Å². The number of fused-ring (bicyclic) bond motifs is 1. The van der Waals surface area contributed by atoms with Crippen LogP contribution in [0.4, 0.5) is 0 Å². The number of aliphatic hydroxyl groups excluding tert-OH is 1. The summed E-state index contributed by atoms with van der Waals surface area (Å²) in [7, 11) is 0. The minimum absolute atomic E-state index is 0.0595. The van der Waals surface area contributed by atoms with Crippen LogP contribution in [-0.4, -0.2) is 46.9 Å². The molecule has 6 nitrogen and oxygen atoms in total. The quantitative estimate of drug-likeness (QED) is 0.578. The molecule has 0 radical (unpaired) electrons. The number of hydrogen-bond donors (Lipinski definition) is 4. The number of carbonyl (C=O) groups excluding carboxylic acids is 1. The Balaban J connectivity index is 1.74. The van der Waals surface area contributed by atoms with E-state index in [-0.39, 0.29) is 11.8 Å². The highest BCUT2D eigenvalue weighted by molar-refractivity contribution is 14.1. The van der Waals surface area contributed by atoms with Crippen LogP contribution < -0.4 is 10.6 Å². The number of benzene rings is 1. The lowest BCUT2D eigenvalue weighted by Crippen LogP contribution is -2.34. The molecule has 1 aromatic heterocycles. The first-order valence-electron chi connectivity index (χ1n) is 6.46. The standard InChI is InChI=1S/C13H15IN4O2/c14-8-1-2-10-9(3-8)12(18-17-10)13(20)16-5-7-4-15-6-11(7)19/h1-3,7,11,15,19H,4-6H2,(H,16,20)(H,17,18). The van der Waals surface area contributed by atoms with Crippen LogP contribution in [0.3, 0.4) is 0 Å². The van der Waals surface area contributed by atoms with Crippen molar-refractivity contribution in [1.29, 1.82) is 0 Å². The van der Waals surface area contributed by atoms with Crippen molar-refractivity contribution in [3.63, 3.8) is 0 Å². The molecule has 2 heterocycles. The van der Waals surface area contributed by atoms with E-state index in [1.165, 1.54) is 0 Å². The van der Waals surface area contributed by atoms with Crippen molar-refractivity contribution in [2.45, 2.75) is 6.10 Å². The van der Waals surface area contributed by atoms with Crippen LogP contribution in [0.25, 0.3) is 10.9 Å². The number of hydrogen-bond acceptors (Lipinski definition) is 4. The van der Waals surface area contributed by atoms with Crippen LogP contribution >= 0.6 is 22.6 Å². The van der Waals surface area contributed by atoms with Gasteiger partial charge in [0.25, 0.3) is 5.91 Å². The molecule has 0 aliphatic carbocycles. The fourth-order valence-corrected chi connectivity index (χ4v) is 2.89. The second-order valence-electron chi connectivity index (χ2n) is 4.96. The predicted octanol–water partition coefficient (Wildman–Crippen LogP) is 0.478. The number of aromatic nitrogens is 2. The largest absolute Gasteiger partial charge is 0.391 e. The van der Waals surface area contributed by atoms with Gasteiger partial charge < -0.3 is 15.7 Å². The molecule has 2 aromatic rings. The van der Waals surface area contributed by atoms with Gasteiger partial charge in [-0.15, -0.1) is 0 Å². The van der Waals surface area contributed by atoms with Gasteiger partial charge in [0.15, 0.2) is 5.69 Å². The Hall–Kier alpha value is -1.19. The summed E-state index contributed by atoms with van der Waals surface area (Å²) < 4.78 is 1.06. The Morgan fingerprint density at radius 3 is 3.10 bits per heavy atom. The Morgan fingerprint density at radius 2 is 2.35 bits per heavy atom. The van der Waals surface area contributed by atoms with Gasteiger partial charge in [-0.05, 0) is 40.8 Å². The summed E-state index contributed by atoms with van der Waals surface area (Å²) in [6.07, 6.45) is -0.396. The molecule has 2 unspecified atom stereocenters. The van der Waals surface area contributed by atoms with Crippen LogP contribution in [0.5, 0.6) is 0 Å². The third-order valence-electron chi connectivity index (χ3n) is 3.57. The molecule has 0 bridgehead atoms. The number of nitrogens with zero attached hydrogens (tertiary/aromatic N) is 1. The molecule has 2 atom stereocenters. The van der Waals surface area contributed by atoms with Gasteiger partial charge in [0, 0.05) is 34.5 Å². The number of aliphatic hydroxyl groups is 1. The fraction of sp³-hybridized carbons (Fsp3) is 0.385. The highest BCUT2D eigenvalue weighted by Gasteiger charge is 2.25. The molecule has 106 valence electrons. The summed E-state index contributed by atoms with van der Waals surface area (Å²) in [5.41, 5.74) is 1.25. The van der Waals surface area contributed by atoms with Crippen molar-refractivity contribution in [1.82, 2.24) is 20.8 Å². The molecule has 1 amide bonds. The van der Waals surface area contributed by atoms with E-state index < -0.39 is 6.10 Å². The van der Waals surface area contributed by atoms with E-state index in [1.54, 1.807) is 0 Å². The molecule has 1 aliphatic heterocycles. The third-order valence-corrected chi connectivity index (χ3v) is 4.24. The second-order valence-corrected chi connectivity index (χ2v) is 6.20. The van der Waals surface area contributed by atoms with E-state index in [1.807, 2.05) is 18.2 Å². The number of β-amino-alcohol motifs (C(OH)–C–C–N with tert-alkyl or cyclic N) is 1. The van der Waals surface area contributed by atoms with Gasteiger partial charge >= 0.3 is 0 Å². The summed E-state index contributed by atoms with van der Waals surface area (Å²) in [6.45, 7) is 1.76. The van der Waals surface area contributed by atoms with Crippen molar-refractivity contribution < 1.29 is 9.90 Å². The third kappa shape index (κ3) is 2.65. The van der Waals surface area contributed by atoms with Gasteiger partial charge in [0.2, 0.25) is 0 Å². The number of nitrogens with one attached hydrogen (secondary N) is 3. The number of rotatable bonds is 3. The molecular formula is C13H15IN4O2. The van der Waals surface area contributed by atoms with E-state index >= 15 is 0 Å². The van der Waals surface area contributed by atoms with Gasteiger partial charge in [-0.3, -0.25) is 9.89 Å². The van der Waals surface area contributed by atoms with Crippen molar-refractivity contribution in [3.05, 3.63) is 27.5 Å². The number of H-pyrrole nitrogens is 1. The molecule has 3 rings (SSSR count). The minimum atomic E-state index is -0.396. The maximum Gasteiger partial charge on any atom is 0.272 e. The maximum atomic E-state index is 12.2. The Kier molecular flexibility index (Phi) is 3.90. The molecule has 20 heavy (non-hydrogen) atoms. The number of amides is 1.